The number of rotatable bonds is 3. The summed E-state index contributed by atoms with van der Waals surface area (Å²) in [5, 5.41) is 1.58. The van der Waals surface area contributed by atoms with Crippen molar-refractivity contribution in [2.24, 2.45) is 5.73 Å². The predicted octanol–water partition coefficient (Wildman–Crippen LogP) is 1.97. The van der Waals surface area contributed by atoms with E-state index in [0.717, 1.165) is 16.6 Å². The number of fused-ring (bicyclic) bond motifs is 1. The van der Waals surface area contributed by atoms with Gasteiger partial charge in [0.05, 0.1) is 11.6 Å². The largest absolute Gasteiger partial charge is 0.380 e. The molecular formula is C15H16ClN3O2. The molecule has 2 N–H and O–H groups in total. The van der Waals surface area contributed by atoms with E-state index in [1.54, 1.807) is 13.3 Å². The Morgan fingerprint density at radius 1 is 1.48 bits per heavy atom. The Hall–Kier alpha value is -1.85. The Morgan fingerprint density at radius 2 is 2.29 bits per heavy atom. The molecule has 110 valence electrons. The second-order valence-electron chi connectivity index (χ2n) is 5.16. The number of hydrogen-bond donors (Lipinski definition) is 1. The number of amides is 1. The lowest BCUT2D eigenvalue weighted by molar-refractivity contribution is -0.119. The maximum Gasteiger partial charge on any atom is 0.240 e. The van der Waals surface area contributed by atoms with Crippen molar-refractivity contribution >= 4 is 34.1 Å². The van der Waals surface area contributed by atoms with Crippen LogP contribution in [0.1, 0.15) is 6.42 Å². The van der Waals surface area contributed by atoms with Crippen molar-refractivity contribution in [1.29, 1.82) is 0 Å². The minimum absolute atomic E-state index is 0.00184. The number of primary amides is 1. The van der Waals surface area contributed by atoms with Gasteiger partial charge in [0.2, 0.25) is 5.91 Å². The number of benzene rings is 1. The third-order valence-corrected chi connectivity index (χ3v) is 4.15. The van der Waals surface area contributed by atoms with Crippen LogP contribution in [-0.4, -0.2) is 36.7 Å². The van der Waals surface area contributed by atoms with Crippen LogP contribution < -0.4 is 10.6 Å². The lowest BCUT2D eigenvalue weighted by Crippen LogP contribution is -2.40. The summed E-state index contributed by atoms with van der Waals surface area (Å²) in [6, 6.07) is 7.07. The molecule has 0 saturated carbocycles. The molecule has 2 heterocycles. The number of aromatic nitrogens is 1. The summed E-state index contributed by atoms with van der Waals surface area (Å²) in [6.45, 7) is 0.631. The van der Waals surface area contributed by atoms with Crippen LogP contribution in [0.4, 0.5) is 5.69 Å². The van der Waals surface area contributed by atoms with Gasteiger partial charge in [0.25, 0.3) is 0 Å². The number of anilines is 1. The van der Waals surface area contributed by atoms with E-state index in [1.165, 1.54) is 0 Å². The first-order valence-corrected chi connectivity index (χ1v) is 7.11. The molecular weight excluding hydrogens is 290 g/mol. The van der Waals surface area contributed by atoms with E-state index in [1.807, 2.05) is 29.2 Å². The summed E-state index contributed by atoms with van der Waals surface area (Å²) in [4.78, 5) is 18.0. The van der Waals surface area contributed by atoms with Crippen LogP contribution >= 0.6 is 11.6 Å². The SMILES string of the molecule is CO[C@H]1C[C@@H](C(N)=O)N(c2ccnc3cc(Cl)ccc23)C1. The van der Waals surface area contributed by atoms with Crippen LogP contribution in [0, 0.1) is 0 Å². The second kappa shape index (κ2) is 5.50. The molecule has 2 aromatic rings. The van der Waals surface area contributed by atoms with E-state index in [4.69, 9.17) is 22.1 Å². The monoisotopic (exact) mass is 305 g/mol. The lowest BCUT2D eigenvalue weighted by atomic mass is 10.1. The molecule has 0 aliphatic carbocycles. The van der Waals surface area contributed by atoms with Crippen LogP contribution in [-0.2, 0) is 9.53 Å². The summed E-state index contributed by atoms with van der Waals surface area (Å²) >= 11 is 6.01. The molecule has 1 saturated heterocycles. The average molecular weight is 306 g/mol. The summed E-state index contributed by atoms with van der Waals surface area (Å²) in [7, 11) is 1.65. The number of pyridine rings is 1. The third-order valence-electron chi connectivity index (χ3n) is 3.92. The van der Waals surface area contributed by atoms with Crippen molar-refractivity contribution in [3.63, 3.8) is 0 Å². The molecule has 5 nitrogen and oxygen atoms in total. The third kappa shape index (κ3) is 2.54. The van der Waals surface area contributed by atoms with Gasteiger partial charge in [-0.05, 0) is 24.3 Å². The Morgan fingerprint density at radius 3 is 3.00 bits per heavy atom. The molecule has 21 heavy (non-hydrogen) atoms. The minimum atomic E-state index is -0.365. The molecule has 1 aromatic heterocycles. The molecule has 0 unspecified atom stereocenters. The van der Waals surface area contributed by atoms with Crippen molar-refractivity contribution in [2.75, 3.05) is 18.6 Å². The summed E-state index contributed by atoms with van der Waals surface area (Å²) in [5.41, 5.74) is 7.26. The van der Waals surface area contributed by atoms with Gasteiger partial charge in [-0.25, -0.2) is 0 Å². The number of halogens is 1. The first-order valence-electron chi connectivity index (χ1n) is 6.73. The zero-order chi connectivity index (χ0) is 15.0. The number of nitrogens with zero attached hydrogens (tertiary/aromatic N) is 2. The Kier molecular flexibility index (Phi) is 3.69. The van der Waals surface area contributed by atoms with Gasteiger partial charge in [-0.15, -0.1) is 0 Å². The maximum atomic E-state index is 11.7. The summed E-state index contributed by atoms with van der Waals surface area (Å²) in [6.07, 6.45) is 2.31. The number of nitrogens with two attached hydrogens (primary N) is 1. The van der Waals surface area contributed by atoms with Crippen molar-refractivity contribution in [3.8, 4) is 0 Å². The molecule has 1 amide bonds. The van der Waals surface area contributed by atoms with E-state index in [2.05, 4.69) is 4.98 Å². The second-order valence-corrected chi connectivity index (χ2v) is 5.59. The fourth-order valence-corrected chi connectivity index (χ4v) is 3.03. The highest BCUT2D eigenvalue weighted by Crippen LogP contribution is 2.33. The molecule has 0 radical (unpaired) electrons. The topological polar surface area (TPSA) is 68.5 Å². The molecule has 1 aromatic carbocycles. The molecule has 1 fully saturated rings. The van der Waals surface area contributed by atoms with Crippen LogP contribution in [0.3, 0.4) is 0 Å². The number of methoxy groups -OCH3 is 1. The van der Waals surface area contributed by atoms with E-state index in [-0.39, 0.29) is 18.1 Å². The van der Waals surface area contributed by atoms with Gasteiger partial charge >= 0.3 is 0 Å². The number of ether oxygens (including phenoxy) is 1. The van der Waals surface area contributed by atoms with Gasteiger partial charge < -0.3 is 15.4 Å². The molecule has 0 spiro atoms. The highest BCUT2D eigenvalue weighted by Gasteiger charge is 2.36. The zero-order valence-electron chi connectivity index (χ0n) is 11.6. The number of carbonyl (C=O) groups is 1. The van der Waals surface area contributed by atoms with Crippen LogP contribution in [0.15, 0.2) is 30.5 Å². The number of carbonyl (C=O) groups excluding carboxylic acids is 1. The van der Waals surface area contributed by atoms with Crippen LogP contribution in [0.2, 0.25) is 5.02 Å². The summed E-state index contributed by atoms with van der Waals surface area (Å²) < 4.78 is 5.39. The lowest BCUT2D eigenvalue weighted by Gasteiger charge is -2.25. The van der Waals surface area contributed by atoms with Crippen molar-refractivity contribution in [1.82, 2.24) is 4.98 Å². The van der Waals surface area contributed by atoms with Gasteiger partial charge in [-0.1, -0.05) is 11.6 Å². The normalized spacial score (nSPS) is 21.9. The Balaban J connectivity index is 2.08. The molecule has 1 aliphatic rings. The molecule has 2 atom stereocenters. The smallest absolute Gasteiger partial charge is 0.240 e. The first kappa shape index (κ1) is 14.1. The molecule has 3 rings (SSSR count). The molecule has 1 aliphatic heterocycles. The molecule has 0 bridgehead atoms. The standard InChI is InChI=1S/C15H16ClN3O2/c1-21-10-7-14(15(17)20)19(8-10)13-4-5-18-12-6-9(16)2-3-11(12)13/h2-6,10,14H,7-8H2,1H3,(H2,17,20)/t10-,14-/m0/s1. The Bertz CT molecular complexity index is 692. The Labute approximate surface area is 127 Å². The van der Waals surface area contributed by atoms with Gasteiger partial charge in [0.15, 0.2) is 0 Å². The predicted molar refractivity (Wildman–Crippen MR) is 82.5 cm³/mol. The van der Waals surface area contributed by atoms with Gasteiger partial charge in [-0.3, -0.25) is 9.78 Å². The van der Waals surface area contributed by atoms with Gasteiger partial charge in [0, 0.05) is 42.4 Å². The van der Waals surface area contributed by atoms with E-state index in [0.29, 0.717) is 18.0 Å². The maximum absolute atomic E-state index is 11.7. The first-order chi connectivity index (χ1) is 10.1. The number of hydrogen-bond acceptors (Lipinski definition) is 4. The van der Waals surface area contributed by atoms with Gasteiger partial charge in [-0.2, -0.15) is 0 Å². The van der Waals surface area contributed by atoms with Crippen molar-refractivity contribution in [3.05, 3.63) is 35.5 Å². The van der Waals surface area contributed by atoms with Crippen LogP contribution in [0.5, 0.6) is 0 Å². The quantitative estimate of drug-likeness (QED) is 0.941. The zero-order valence-corrected chi connectivity index (χ0v) is 12.4. The minimum Gasteiger partial charge on any atom is -0.380 e. The van der Waals surface area contributed by atoms with Crippen molar-refractivity contribution < 1.29 is 9.53 Å². The van der Waals surface area contributed by atoms with Crippen LogP contribution in [0.25, 0.3) is 10.9 Å². The fraction of sp³-hybridized carbons (Fsp3) is 0.333. The van der Waals surface area contributed by atoms with E-state index < -0.39 is 0 Å². The fourth-order valence-electron chi connectivity index (χ4n) is 2.86. The van der Waals surface area contributed by atoms with Gasteiger partial charge in [0.1, 0.15) is 6.04 Å². The van der Waals surface area contributed by atoms with Crippen molar-refractivity contribution in [2.45, 2.75) is 18.6 Å². The average Bonchev–Trinajstić information content (AvgIpc) is 2.90. The van der Waals surface area contributed by atoms with E-state index in [9.17, 15) is 4.79 Å². The highest BCUT2D eigenvalue weighted by atomic mass is 35.5. The molecule has 6 heteroatoms. The summed E-state index contributed by atoms with van der Waals surface area (Å²) in [5.74, 6) is -0.339. The highest BCUT2D eigenvalue weighted by molar-refractivity contribution is 6.31. The van der Waals surface area contributed by atoms with E-state index >= 15 is 0 Å².